The maximum atomic E-state index is 10.8. The molecule has 4 atom stereocenters. The molecule has 304 valence electrons. The molecule has 7 heteroatoms. The Morgan fingerprint density at radius 1 is 0.846 bits per heavy atom. The number of aliphatic hydroxyl groups excluding tert-OH is 1. The molecule has 0 bridgehead atoms. The molecule has 0 aliphatic carbocycles. The first kappa shape index (κ1) is 50.1. The number of phenolic OH excluding ortho intramolecular Hbond substituents is 1. The number of benzene rings is 1. The van der Waals surface area contributed by atoms with Gasteiger partial charge >= 0.3 is 0 Å². The van der Waals surface area contributed by atoms with Gasteiger partial charge in [0.05, 0.1) is 39.1 Å². The Kier molecular flexibility index (Phi) is 29.3. The second kappa shape index (κ2) is 30.4. The van der Waals surface area contributed by atoms with E-state index < -0.39 is 0 Å². The summed E-state index contributed by atoms with van der Waals surface area (Å²) < 4.78 is 21.8. The van der Waals surface area contributed by atoms with Crippen molar-refractivity contribution in [1.29, 1.82) is 0 Å². The third kappa shape index (κ3) is 22.3. The van der Waals surface area contributed by atoms with Crippen LogP contribution in [-0.2, 0) is 27.1 Å². The zero-order chi connectivity index (χ0) is 39.4. The molecule has 0 amide bonds. The van der Waals surface area contributed by atoms with Crippen LogP contribution in [0.4, 0.5) is 0 Å². The first-order valence-corrected chi connectivity index (χ1v) is 20.6. The lowest BCUT2D eigenvalue weighted by atomic mass is 9.83. The van der Waals surface area contributed by atoms with Crippen molar-refractivity contribution in [1.82, 2.24) is 0 Å². The fraction of sp³-hybridized carbons (Fsp3) is 0.778. The van der Waals surface area contributed by atoms with E-state index in [4.69, 9.17) is 29.8 Å². The molecule has 52 heavy (non-hydrogen) atoms. The third-order valence-corrected chi connectivity index (χ3v) is 10.0. The van der Waals surface area contributed by atoms with E-state index in [-0.39, 0.29) is 18.3 Å². The van der Waals surface area contributed by atoms with Gasteiger partial charge in [0.25, 0.3) is 0 Å². The monoisotopic (exact) mass is 734 g/mol. The van der Waals surface area contributed by atoms with Gasteiger partial charge in [0.1, 0.15) is 17.1 Å². The summed E-state index contributed by atoms with van der Waals surface area (Å²) in [6, 6.07) is 0. The van der Waals surface area contributed by atoms with Crippen LogP contribution in [0.25, 0.3) is 0 Å². The predicted molar refractivity (Wildman–Crippen MR) is 222 cm³/mol. The lowest BCUT2D eigenvalue weighted by Crippen LogP contribution is -2.37. The van der Waals surface area contributed by atoms with Gasteiger partial charge in [-0.1, -0.05) is 96.9 Å². The molecular weight excluding hydrogens is 650 g/mol. The highest BCUT2D eigenvalue weighted by Crippen LogP contribution is 2.45. The summed E-state index contributed by atoms with van der Waals surface area (Å²) in [4.78, 5) is 0. The molecule has 1 heterocycles. The van der Waals surface area contributed by atoms with E-state index in [9.17, 15) is 5.11 Å². The largest absolute Gasteiger partial charge is 0.507 e. The van der Waals surface area contributed by atoms with Crippen LogP contribution in [0.3, 0.4) is 0 Å². The molecule has 1 aromatic carbocycles. The van der Waals surface area contributed by atoms with E-state index in [0.717, 1.165) is 72.5 Å². The minimum absolute atomic E-state index is 0.0664. The van der Waals surface area contributed by atoms with E-state index in [1.165, 1.54) is 56.9 Å². The molecule has 7 nitrogen and oxygen atoms in total. The number of nitrogens with two attached hydrogens (primary N) is 1. The van der Waals surface area contributed by atoms with Crippen molar-refractivity contribution in [2.45, 2.75) is 165 Å². The van der Waals surface area contributed by atoms with Crippen LogP contribution in [-0.4, -0.2) is 68.1 Å². The molecule has 0 spiro atoms. The minimum atomic E-state index is -0.0936. The molecule has 0 saturated carbocycles. The van der Waals surface area contributed by atoms with Crippen LogP contribution >= 0.6 is 0 Å². The van der Waals surface area contributed by atoms with Crippen LogP contribution in [0.5, 0.6) is 11.5 Å². The van der Waals surface area contributed by atoms with Crippen molar-refractivity contribution in [3.05, 3.63) is 46.6 Å². The van der Waals surface area contributed by atoms with Gasteiger partial charge in [0.2, 0.25) is 0 Å². The Hall–Kier alpha value is -1.90. The van der Waals surface area contributed by atoms with Crippen molar-refractivity contribution in [3.63, 3.8) is 0 Å². The van der Waals surface area contributed by atoms with Crippen LogP contribution in [0.15, 0.2) is 24.3 Å². The highest BCUT2D eigenvalue weighted by molar-refractivity contribution is 5.59. The summed E-state index contributed by atoms with van der Waals surface area (Å²) in [5.41, 5.74) is 9.44. The van der Waals surface area contributed by atoms with Crippen LogP contribution in [0, 0.1) is 31.6 Å². The molecule has 1 aliphatic heterocycles. The molecule has 0 aromatic heterocycles. The summed E-state index contributed by atoms with van der Waals surface area (Å²) >= 11 is 0. The Labute approximate surface area is 321 Å². The van der Waals surface area contributed by atoms with Gasteiger partial charge in [0, 0.05) is 24.3 Å². The highest BCUT2D eigenvalue weighted by atomic mass is 16.5. The SMILES string of the molecule is CC=CC(C)OCC.CC=CCc1c(C)c2c(c(C)c1O)CCC(C)(CCCC(C)CCCC(C)CCCC(C)C)O2.NCCOCCOCCO. The molecule has 2 rings (SSSR count). The van der Waals surface area contributed by atoms with Gasteiger partial charge < -0.3 is 34.9 Å². The molecule has 1 aromatic rings. The molecule has 4 unspecified atom stereocenters. The van der Waals surface area contributed by atoms with E-state index >= 15 is 0 Å². The highest BCUT2D eigenvalue weighted by Gasteiger charge is 2.34. The first-order valence-electron chi connectivity index (χ1n) is 20.6. The van der Waals surface area contributed by atoms with Crippen LogP contribution in [0.2, 0.25) is 0 Å². The average molecular weight is 734 g/mol. The second-order valence-corrected chi connectivity index (χ2v) is 15.5. The lowest BCUT2D eigenvalue weighted by molar-refractivity contribution is 0.0354. The predicted octanol–water partition coefficient (Wildman–Crippen LogP) is 10.6. The molecule has 0 fully saturated rings. The third-order valence-electron chi connectivity index (χ3n) is 10.0. The number of aromatic hydroxyl groups is 1. The lowest BCUT2D eigenvalue weighted by Gasteiger charge is -2.38. The standard InChI is InChI=1S/C32H54O2.C7H14O.C6H15NO3/c1-9-10-19-28-27(7)31-29(26(6)30(28)33)20-22-32(8,34-31)21-13-18-25(5)17-12-16-24(4)15-11-14-23(2)3;1-4-6-7(3)8-5-2;7-1-3-9-5-6-10-4-2-8/h9-10,23-25,33H,11-22H2,1-8H3;4,6-7H,5H2,1-3H3;8H,1-7H2. The van der Waals surface area contributed by atoms with Gasteiger partial charge in [-0.3, -0.25) is 0 Å². The molecule has 4 N–H and O–H groups in total. The first-order chi connectivity index (χ1) is 24.8. The normalized spacial score (nSPS) is 17.3. The van der Waals surface area contributed by atoms with Gasteiger partial charge in [-0.05, 0) is 109 Å². The quantitative estimate of drug-likeness (QED) is 0.0718. The van der Waals surface area contributed by atoms with Crippen molar-refractivity contribution < 1.29 is 29.2 Å². The summed E-state index contributed by atoms with van der Waals surface area (Å²) in [7, 11) is 0. The maximum absolute atomic E-state index is 10.8. The van der Waals surface area contributed by atoms with Crippen LogP contribution < -0.4 is 10.5 Å². The molecule has 1 aliphatic rings. The van der Waals surface area contributed by atoms with Crippen molar-refractivity contribution in [2.75, 3.05) is 46.2 Å². The number of hydrogen-bond acceptors (Lipinski definition) is 7. The number of fused-ring (bicyclic) bond motifs is 1. The minimum Gasteiger partial charge on any atom is -0.507 e. The smallest absolute Gasteiger partial charge is 0.127 e. The Morgan fingerprint density at radius 3 is 1.98 bits per heavy atom. The van der Waals surface area contributed by atoms with Crippen LogP contribution in [0.1, 0.15) is 149 Å². The summed E-state index contributed by atoms with van der Waals surface area (Å²) in [6.45, 7) is 27.5. The Morgan fingerprint density at radius 2 is 1.44 bits per heavy atom. The number of allylic oxidation sites excluding steroid dienone is 3. The van der Waals surface area contributed by atoms with Crippen molar-refractivity contribution in [2.24, 2.45) is 23.5 Å². The van der Waals surface area contributed by atoms with Gasteiger partial charge in [-0.25, -0.2) is 0 Å². The molecule has 0 saturated heterocycles. The van der Waals surface area contributed by atoms with Gasteiger partial charge in [0.15, 0.2) is 0 Å². The second-order valence-electron chi connectivity index (χ2n) is 15.5. The van der Waals surface area contributed by atoms with Gasteiger partial charge in [-0.15, -0.1) is 0 Å². The van der Waals surface area contributed by atoms with E-state index in [1.807, 2.05) is 52.8 Å². The fourth-order valence-electron chi connectivity index (χ4n) is 6.73. The molecular formula is C45H83NO6. The van der Waals surface area contributed by atoms with E-state index in [2.05, 4.69) is 47.6 Å². The topological polar surface area (TPSA) is 103 Å². The average Bonchev–Trinajstić information content (AvgIpc) is 3.09. The number of aliphatic hydroxyl groups is 1. The fourth-order valence-corrected chi connectivity index (χ4v) is 6.73. The number of ether oxygens (including phenoxy) is 4. The summed E-state index contributed by atoms with van der Waals surface area (Å²) in [5.74, 6) is 4.03. The number of hydrogen-bond donors (Lipinski definition) is 3. The Bertz CT molecular complexity index is 1080. The Balaban J connectivity index is 0.00000118. The van der Waals surface area contributed by atoms with Crippen molar-refractivity contribution >= 4 is 0 Å². The number of rotatable bonds is 24. The zero-order valence-electron chi connectivity index (χ0n) is 35.7. The maximum Gasteiger partial charge on any atom is 0.127 e. The van der Waals surface area contributed by atoms with Gasteiger partial charge in [-0.2, -0.15) is 0 Å². The summed E-state index contributed by atoms with van der Waals surface area (Å²) in [6.07, 6.45) is 23.2. The number of phenols is 1. The zero-order valence-corrected chi connectivity index (χ0v) is 35.7. The van der Waals surface area contributed by atoms with Crippen molar-refractivity contribution in [3.8, 4) is 11.5 Å². The molecule has 0 radical (unpaired) electrons. The summed E-state index contributed by atoms with van der Waals surface area (Å²) in [5, 5.41) is 19.1. The van der Waals surface area contributed by atoms with E-state index in [0.29, 0.717) is 38.7 Å². The van der Waals surface area contributed by atoms with E-state index in [1.54, 1.807) is 0 Å².